The molecule has 1 aromatic carbocycles. The zero-order valence-electron chi connectivity index (χ0n) is 6.58. The van der Waals surface area contributed by atoms with Gasteiger partial charge in [0.1, 0.15) is 0 Å². The molecule has 0 heterocycles. The van der Waals surface area contributed by atoms with Crippen LogP contribution in [0.25, 0.3) is 0 Å². The van der Waals surface area contributed by atoms with Gasteiger partial charge in [-0.2, -0.15) is 0 Å². The number of primary amides is 1. The Kier molecular flexibility index (Phi) is 2.87. The minimum atomic E-state index is -0.898. The van der Waals surface area contributed by atoms with E-state index in [4.69, 9.17) is 17.3 Å². The summed E-state index contributed by atoms with van der Waals surface area (Å²) in [5.41, 5.74) is 4.99. The number of carbonyl (C=O) groups excluding carboxylic acids is 2. The predicted octanol–water partition coefficient (Wildman–Crippen LogP) is 1.15. The maximum atomic E-state index is 11.2. The van der Waals surface area contributed by atoms with Crippen molar-refractivity contribution in [1.29, 1.82) is 0 Å². The normalized spacial score (nSPS) is 9.31. The van der Waals surface area contributed by atoms with Crippen molar-refractivity contribution < 1.29 is 9.59 Å². The fraction of sp³-hybridized carbons (Fsp3) is 0. The lowest BCUT2D eigenvalue weighted by Crippen LogP contribution is -2.35. The molecule has 3 N–H and O–H groups in total. The van der Waals surface area contributed by atoms with Crippen molar-refractivity contribution in [2.24, 2.45) is 5.73 Å². The fourth-order valence-corrected chi connectivity index (χ4v) is 1.05. The highest BCUT2D eigenvalue weighted by Crippen LogP contribution is 2.14. The first-order chi connectivity index (χ1) is 6.11. The maximum absolute atomic E-state index is 11.2. The van der Waals surface area contributed by atoms with Gasteiger partial charge in [-0.05, 0) is 12.1 Å². The van der Waals surface area contributed by atoms with Crippen molar-refractivity contribution in [3.63, 3.8) is 0 Å². The molecule has 1 rings (SSSR count). The molecule has 1 aromatic rings. The van der Waals surface area contributed by atoms with Gasteiger partial charge in [0.05, 0.1) is 10.6 Å². The summed E-state index contributed by atoms with van der Waals surface area (Å²) in [6, 6.07) is 5.48. The number of hydrogen-bond acceptors (Lipinski definition) is 2. The van der Waals surface area contributed by atoms with E-state index in [1.165, 1.54) is 6.07 Å². The highest BCUT2D eigenvalue weighted by Gasteiger charge is 2.10. The number of nitrogens with two attached hydrogens (primary N) is 1. The topological polar surface area (TPSA) is 72.2 Å². The third-order valence-corrected chi connectivity index (χ3v) is 1.68. The minimum absolute atomic E-state index is 0.225. The molecule has 0 radical (unpaired) electrons. The largest absolute Gasteiger partial charge is 0.351 e. The molecule has 0 aliphatic rings. The number of amides is 3. The quantitative estimate of drug-likeness (QED) is 0.711. The lowest BCUT2D eigenvalue weighted by molar-refractivity contribution is 0.0966. The molecule has 0 atom stereocenters. The van der Waals surface area contributed by atoms with Crippen LogP contribution in [0.3, 0.4) is 0 Å². The summed E-state index contributed by atoms with van der Waals surface area (Å²) in [5, 5.41) is 2.19. The van der Waals surface area contributed by atoms with Crippen LogP contribution in [0.15, 0.2) is 24.3 Å². The van der Waals surface area contributed by atoms with Crippen LogP contribution in [0, 0.1) is 0 Å². The Morgan fingerprint density at radius 3 is 2.46 bits per heavy atom. The van der Waals surface area contributed by atoms with E-state index in [2.05, 4.69) is 0 Å². The van der Waals surface area contributed by atoms with Gasteiger partial charge in [-0.3, -0.25) is 10.1 Å². The fourth-order valence-electron chi connectivity index (χ4n) is 0.825. The number of nitrogens with one attached hydrogen (secondary N) is 1. The minimum Gasteiger partial charge on any atom is -0.351 e. The van der Waals surface area contributed by atoms with Gasteiger partial charge in [0, 0.05) is 0 Å². The van der Waals surface area contributed by atoms with Crippen molar-refractivity contribution in [3.05, 3.63) is 34.9 Å². The van der Waals surface area contributed by atoms with Gasteiger partial charge in [-0.25, -0.2) is 4.79 Å². The van der Waals surface area contributed by atoms with Gasteiger partial charge in [0.25, 0.3) is 5.91 Å². The monoisotopic (exact) mass is 198 g/mol. The van der Waals surface area contributed by atoms with Crippen LogP contribution in [0.2, 0.25) is 5.02 Å². The molecule has 0 saturated heterocycles. The number of imide groups is 1. The molecule has 13 heavy (non-hydrogen) atoms. The summed E-state index contributed by atoms with van der Waals surface area (Å²) in [7, 11) is 0. The SMILES string of the molecule is NC(=O)NC(=O)c1ccccc1Cl. The Bertz CT molecular complexity index is 352. The molecule has 0 saturated carbocycles. The van der Waals surface area contributed by atoms with Gasteiger partial charge < -0.3 is 5.73 Å². The van der Waals surface area contributed by atoms with E-state index in [0.717, 1.165) is 0 Å². The lowest BCUT2D eigenvalue weighted by atomic mass is 10.2. The molecular weight excluding hydrogens is 192 g/mol. The Morgan fingerprint density at radius 1 is 1.31 bits per heavy atom. The van der Waals surface area contributed by atoms with Crippen molar-refractivity contribution in [1.82, 2.24) is 5.32 Å². The van der Waals surface area contributed by atoms with E-state index < -0.39 is 11.9 Å². The van der Waals surface area contributed by atoms with Crippen LogP contribution in [-0.2, 0) is 0 Å². The Morgan fingerprint density at radius 2 is 1.92 bits per heavy atom. The summed E-state index contributed by atoms with van der Waals surface area (Å²) in [6.45, 7) is 0. The van der Waals surface area contributed by atoms with Gasteiger partial charge in [-0.15, -0.1) is 0 Å². The highest BCUT2D eigenvalue weighted by molar-refractivity contribution is 6.34. The van der Waals surface area contributed by atoms with Crippen molar-refractivity contribution >= 4 is 23.5 Å². The highest BCUT2D eigenvalue weighted by atomic mass is 35.5. The maximum Gasteiger partial charge on any atom is 0.319 e. The summed E-state index contributed by atoms with van der Waals surface area (Å²) >= 11 is 5.69. The number of hydrogen-bond donors (Lipinski definition) is 2. The first-order valence-electron chi connectivity index (χ1n) is 3.46. The standard InChI is InChI=1S/C8H7ClN2O2/c9-6-4-2-1-3-5(6)7(12)11-8(10)13/h1-4H,(H3,10,11,12,13). The Hall–Kier alpha value is -1.55. The van der Waals surface area contributed by atoms with Crippen LogP contribution in [0.4, 0.5) is 4.79 Å². The molecule has 0 aliphatic carbocycles. The predicted molar refractivity (Wildman–Crippen MR) is 48.5 cm³/mol. The third kappa shape index (κ3) is 2.45. The van der Waals surface area contributed by atoms with Crippen LogP contribution < -0.4 is 11.1 Å². The average Bonchev–Trinajstić information content (AvgIpc) is 2.03. The number of halogens is 1. The molecule has 5 heteroatoms. The zero-order valence-corrected chi connectivity index (χ0v) is 7.34. The van der Waals surface area contributed by atoms with Gasteiger partial charge in [-0.1, -0.05) is 23.7 Å². The number of carbonyl (C=O) groups is 2. The molecule has 0 spiro atoms. The zero-order chi connectivity index (χ0) is 9.84. The van der Waals surface area contributed by atoms with Crippen LogP contribution in [0.5, 0.6) is 0 Å². The van der Waals surface area contributed by atoms with E-state index in [1.807, 2.05) is 5.32 Å². The smallest absolute Gasteiger partial charge is 0.319 e. The average molecular weight is 199 g/mol. The van der Waals surface area contributed by atoms with E-state index in [1.54, 1.807) is 18.2 Å². The third-order valence-electron chi connectivity index (χ3n) is 1.36. The van der Waals surface area contributed by atoms with Gasteiger partial charge >= 0.3 is 6.03 Å². The van der Waals surface area contributed by atoms with Crippen molar-refractivity contribution in [2.45, 2.75) is 0 Å². The second-order valence-corrected chi connectivity index (χ2v) is 2.71. The number of urea groups is 1. The van der Waals surface area contributed by atoms with Crippen LogP contribution in [0.1, 0.15) is 10.4 Å². The van der Waals surface area contributed by atoms with Gasteiger partial charge in [0.15, 0.2) is 0 Å². The molecule has 68 valence electrons. The van der Waals surface area contributed by atoms with Crippen LogP contribution >= 0.6 is 11.6 Å². The second-order valence-electron chi connectivity index (χ2n) is 2.30. The Labute approximate surface area is 79.7 Å². The van der Waals surface area contributed by atoms with Crippen LogP contribution in [-0.4, -0.2) is 11.9 Å². The van der Waals surface area contributed by atoms with E-state index in [9.17, 15) is 9.59 Å². The molecule has 3 amide bonds. The molecular formula is C8H7ClN2O2. The molecule has 0 fully saturated rings. The molecule has 0 aliphatic heterocycles. The summed E-state index contributed by atoms with van der Waals surface area (Å²) in [6.07, 6.45) is 0. The van der Waals surface area contributed by atoms with E-state index in [0.29, 0.717) is 0 Å². The van der Waals surface area contributed by atoms with E-state index >= 15 is 0 Å². The second kappa shape index (κ2) is 3.91. The Balaban J connectivity index is 2.89. The van der Waals surface area contributed by atoms with Gasteiger partial charge in [0.2, 0.25) is 0 Å². The van der Waals surface area contributed by atoms with Crippen molar-refractivity contribution in [2.75, 3.05) is 0 Å². The number of rotatable bonds is 1. The van der Waals surface area contributed by atoms with E-state index in [-0.39, 0.29) is 10.6 Å². The molecule has 0 aromatic heterocycles. The van der Waals surface area contributed by atoms with Crippen molar-refractivity contribution in [3.8, 4) is 0 Å². The molecule has 0 unspecified atom stereocenters. The molecule has 4 nitrogen and oxygen atoms in total. The first kappa shape index (κ1) is 9.54. The lowest BCUT2D eigenvalue weighted by Gasteiger charge is -2.01. The summed E-state index contributed by atoms with van der Waals surface area (Å²) in [4.78, 5) is 21.5. The molecule has 0 bridgehead atoms. The summed E-state index contributed by atoms with van der Waals surface area (Å²) < 4.78 is 0. The first-order valence-corrected chi connectivity index (χ1v) is 3.84. The number of benzene rings is 1. The summed E-state index contributed by atoms with van der Waals surface area (Å²) in [5.74, 6) is -0.599.